The van der Waals surface area contributed by atoms with Crippen molar-refractivity contribution in [2.75, 3.05) is 19.8 Å². The van der Waals surface area contributed by atoms with E-state index in [2.05, 4.69) is 15.9 Å². The van der Waals surface area contributed by atoms with Crippen molar-refractivity contribution >= 4 is 15.9 Å². The van der Waals surface area contributed by atoms with Crippen LogP contribution in [0.4, 0.5) is 0 Å². The molecule has 3 N–H and O–H groups in total. The topological polar surface area (TPSA) is 55.5 Å². The lowest BCUT2D eigenvalue weighted by Gasteiger charge is -2.32. The predicted octanol–water partition coefficient (Wildman–Crippen LogP) is 2.16. The maximum atomic E-state index is 10.6. The van der Waals surface area contributed by atoms with E-state index in [0.29, 0.717) is 19.8 Å². The largest absolute Gasteiger partial charge is 0.388 e. The monoisotopic (exact) mass is 299 g/mol. The van der Waals surface area contributed by atoms with Crippen LogP contribution in [0.1, 0.15) is 23.7 Å². The molecule has 3 nitrogen and oxygen atoms in total. The highest BCUT2D eigenvalue weighted by atomic mass is 79.9. The smallest absolute Gasteiger partial charge is 0.0892 e. The summed E-state index contributed by atoms with van der Waals surface area (Å²) >= 11 is 3.51. The van der Waals surface area contributed by atoms with Gasteiger partial charge in [0.25, 0.3) is 0 Å². The standard InChI is InChI=1S/C13H18BrNO2/c1-9-2-3-10(11(14)6-9)12(16)13(7-15)4-5-17-8-13/h2-3,6,12,16H,4-5,7-8,15H2,1H3. The molecule has 0 saturated carbocycles. The molecule has 0 aromatic heterocycles. The van der Waals surface area contributed by atoms with Gasteiger partial charge in [0, 0.05) is 23.0 Å². The molecule has 0 aliphatic carbocycles. The van der Waals surface area contributed by atoms with Crippen molar-refractivity contribution in [2.24, 2.45) is 11.1 Å². The summed E-state index contributed by atoms with van der Waals surface area (Å²) in [6.45, 7) is 3.68. The third-order valence-electron chi connectivity index (χ3n) is 3.57. The van der Waals surface area contributed by atoms with Crippen LogP contribution in [0.25, 0.3) is 0 Å². The van der Waals surface area contributed by atoms with Gasteiger partial charge in [-0.1, -0.05) is 28.1 Å². The number of aliphatic hydroxyl groups excluding tert-OH is 1. The Kier molecular flexibility index (Phi) is 3.88. The minimum Gasteiger partial charge on any atom is -0.388 e. The Morgan fingerprint density at radius 3 is 2.88 bits per heavy atom. The molecule has 1 aliphatic rings. The lowest BCUT2D eigenvalue weighted by Crippen LogP contribution is -2.37. The second-order valence-corrected chi connectivity index (χ2v) is 5.65. The number of halogens is 1. The number of hydrogen-bond acceptors (Lipinski definition) is 3. The number of aliphatic hydroxyl groups is 1. The first-order valence-electron chi connectivity index (χ1n) is 5.81. The van der Waals surface area contributed by atoms with E-state index < -0.39 is 6.10 Å². The lowest BCUT2D eigenvalue weighted by molar-refractivity contribution is 0.0186. The molecule has 0 bridgehead atoms. The number of benzene rings is 1. The highest BCUT2D eigenvalue weighted by molar-refractivity contribution is 9.10. The van der Waals surface area contributed by atoms with Gasteiger partial charge in [0.15, 0.2) is 0 Å². The zero-order valence-corrected chi connectivity index (χ0v) is 11.5. The Morgan fingerprint density at radius 1 is 1.59 bits per heavy atom. The molecule has 1 saturated heterocycles. The molecule has 0 amide bonds. The molecule has 4 heteroatoms. The Hall–Kier alpha value is -0.420. The molecule has 2 atom stereocenters. The van der Waals surface area contributed by atoms with Gasteiger partial charge in [0.05, 0.1) is 12.7 Å². The molecule has 2 unspecified atom stereocenters. The number of rotatable bonds is 3. The zero-order chi connectivity index (χ0) is 12.5. The number of nitrogens with two attached hydrogens (primary N) is 1. The van der Waals surface area contributed by atoms with Gasteiger partial charge in [0.2, 0.25) is 0 Å². The fraction of sp³-hybridized carbons (Fsp3) is 0.538. The summed E-state index contributed by atoms with van der Waals surface area (Å²) in [5.74, 6) is 0. The van der Waals surface area contributed by atoms with Gasteiger partial charge >= 0.3 is 0 Å². The molecule has 1 aromatic rings. The summed E-state index contributed by atoms with van der Waals surface area (Å²) in [5, 5.41) is 10.6. The van der Waals surface area contributed by atoms with Crippen molar-refractivity contribution in [1.29, 1.82) is 0 Å². The first kappa shape index (κ1) is 13.0. The lowest BCUT2D eigenvalue weighted by atomic mass is 9.78. The maximum Gasteiger partial charge on any atom is 0.0892 e. The average Bonchev–Trinajstić information content (AvgIpc) is 2.78. The second kappa shape index (κ2) is 5.06. The minimum absolute atomic E-state index is 0.336. The van der Waals surface area contributed by atoms with Gasteiger partial charge in [-0.2, -0.15) is 0 Å². The Morgan fingerprint density at radius 2 is 2.35 bits per heavy atom. The molecule has 1 aromatic carbocycles. The Labute approximate surface area is 110 Å². The van der Waals surface area contributed by atoms with Crippen molar-refractivity contribution in [1.82, 2.24) is 0 Å². The Bertz CT molecular complexity index is 402. The molecule has 0 spiro atoms. The molecule has 1 aliphatic heterocycles. The van der Waals surface area contributed by atoms with Gasteiger partial charge in [-0.15, -0.1) is 0 Å². The molecule has 2 rings (SSSR count). The summed E-state index contributed by atoms with van der Waals surface area (Å²) in [4.78, 5) is 0. The van der Waals surface area contributed by atoms with E-state index in [0.717, 1.165) is 22.0 Å². The second-order valence-electron chi connectivity index (χ2n) is 4.80. The summed E-state index contributed by atoms with van der Waals surface area (Å²) in [5.41, 5.74) is 7.56. The fourth-order valence-corrected chi connectivity index (χ4v) is 3.01. The molecule has 1 fully saturated rings. The van der Waals surface area contributed by atoms with Crippen LogP contribution in [-0.2, 0) is 4.74 Å². The van der Waals surface area contributed by atoms with E-state index in [1.165, 1.54) is 0 Å². The SMILES string of the molecule is Cc1ccc(C(O)C2(CN)CCOC2)c(Br)c1. The van der Waals surface area contributed by atoms with Crippen molar-refractivity contribution in [3.8, 4) is 0 Å². The average molecular weight is 300 g/mol. The van der Waals surface area contributed by atoms with Crippen LogP contribution in [0.15, 0.2) is 22.7 Å². The quantitative estimate of drug-likeness (QED) is 0.899. The van der Waals surface area contributed by atoms with Gasteiger partial charge in [-0.05, 0) is 30.5 Å². The first-order chi connectivity index (χ1) is 8.09. The first-order valence-corrected chi connectivity index (χ1v) is 6.60. The third kappa shape index (κ3) is 2.40. The highest BCUT2D eigenvalue weighted by Crippen LogP contribution is 2.42. The maximum absolute atomic E-state index is 10.6. The van der Waals surface area contributed by atoms with Crippen LogP contribution in [0.2, 0.25) is 0 Å². The van der Waals surface area contributed by atoms with Crippen molar-refractivity contribution in [2.45, 2.75) is 19.4 Å². The number of aryl methyl sites for hydroxylation is 1. The molecule has 94 valence electrons. The number of ether oxygens (including phenoxy) is 1. The van der Waals surface area contributed by atoms with Crippen LogP contribution in [0.3, 0.4) is 0 Å². The van der Waals surface area contributed by atoms with Crippen LogP contribution in [-0.4, -0.2) is 24.9 Å². The van der Waals surface area contributed by atoms with Crippen LogP contribution < -0.4 is 5.73 Å². The molecule has 0 radical (unpaired) electrons. The van der Waals surface area contributed by atoms with E-state index in [1.807, 2.05) is 25.1 Å². The zero-order valence-electron chi connectivity index (χ0n) is 9.95. The van der Waals surface area contributed by atoms with Crippen LogP contribution in [0.5, 0.6) is 0 Å². The van der Waals surface area contributed by atoms with Crippen LogP contribution in [0, 0.1) is 12.3 Å². The molecular formula is C13H18BrNO2. The van der Waals surface area contributed by atoms with Gasteiger partial charge in [-0.25, -0.2) is 0 Å². The normalized spacial score (nSPS) is 26.1. The van der Waals surface area contributed by atoms with Crippen molar-refractivity contribution in [3.05, 3.63) is 33.8 Å². The number of hydrogen-bond donors (Lipinski definition) is 2. The predicted molar refractivity (Wildman–Crippen MR) is 70.8 cm³/mol. The molecule has 1 heterocycles. The Balaban J connectivity index is 2.32. The minimum atomic E-state index is -0.579. The van der Waals surface area contributed by atoms with E-state index in [1.54, 1.807) is 0 Å². The summed E-state index contributed by atoms with van der Waals surface area (Å²) in [6, 6.07) is 5.97. The highest BCUT2D eigenvalue weighted by Gasteiger charge is 2.41. The van der Waals surface area contributed by atoms with Gasteiger partial charge in [0.1, 0.15) is 0 Å². The van der Waals surface area contributed by atoms with Gasteiger partial charge < -0.3 is 15.6 Å². The van der Waals surface area contributed by atoms with Crippen molar-refractivity contribution < 1.29 is 9.84 Å². The van der Waals surface area contributed by atoms with E-state index >= 15 is 0 Å². The third-order valence-corrected chi connectivity index (χ3v) is 4.26. The van der Waals surface area contributed by atoms with E-state index in [4.69, 9.17) is 10.5 Å². The van der Waals surface area contributed by atoms with Gasteiger partial charge in [-0.3, -0.25) is 0 Å². The van der Waals surface area contributed by atoms with E-state index in [9.17, 15) is 5.11 Å². The van der Waals surface area contributed by atoms with Crippen LogP contribution >= 0.6 is 15.9 Å². The summed E-state index contributed by atoms with van der Waals surface area (Å²) < 4.78 is 6.34. The summed E-state index contributed by atoms with van der Waals surface area (Å²) in [6.07, 6.45) is 0.232. The van der Waals surface area contributed by atoms with Crippen molar-refractivity contribution in [3.63, 3.8) is 0 Å². The molecule has 17 heavy (non-hydrogen) atoms. The summed E-state index contributed by atoms with van der Waals surface area (Å²) in [7, 11) is 0. The molecular weight excluding hydrogens is 282 g/mol. The van der Waals surface area contributed by atoms with E-state index in [-0.39, 0.29) is 5.41 Å². The fourth-order valence-electron chi connectivity index (χ4n) is 2.30.